The zero-order valence-electron chi connectivity index (χ0n) is 17.7. The number of nitrogens with zero attached hydrogens (tertiary/aromatic N) is 1. The normalized spacial score (nSPS) is 10.6. The van der Waals surface area contributed by atoms with Gasteiger partial charge in [-0.1, -0.05) is 60.5 Å². The molecular weight excluding hydrogens is 431 g/mol. The predicted molar refractivity (Wildman–Crippen MR) is 128 cm³/mol. The number of urea groups is 1. The number of methoxy groups -OCH3 is 1. The van der Waals surface area contributed by atoms with E-state index in [2.05, 4.69) is 12.2 Å². The van der Waals surface area contributed by atoms with Gasteiger partial charge in [-0.15, -0.1) is 0 Å². The van der Waals surface area contributed by atoms with E-state index < -0.39 is 0 Å². The molecular formula is C25H26Cl2N2O2. The Labute approximate surface area is 193 Å². The van der Waals surface area contributed by atoms with Crippen molar-refractivity contribution < 1.29 is 9.53 Å². The van der Waals surface area contributed by atoms with Crippen LogP contribution in [0.15, 0.2) is 66.7 Å². The Kier molecular flexibility index (Phi) is 8.21. The molecule has 31 heavy (non-hydrogen) atoms. The minimum atomic E-state index is -0.162. The molecule has 0 aromatic heterocycles. The first-order valence-corrected chi connectivity index (χ1v) is 11.0. The summed E-state index contributed by atoms with van der Waals surface area (Å²) in [6.07, 6.45) is 1.58. The Morgan fingerprint density at radius 2 is 1.65 bits per heavy atom. The largest absolute Gasteiger partial charge is 0.497 e. The first-order valence-electron chi connectivity index (χ1n) is 10.2. The van der Waals surface area contributed by atoms with E-state index in [0.717, 1.165) is 29.0 Å². The lowest BCUT2D eigenvalue weighted by Gasteiger charge is -2.24. The molecule has 0 unspecified atom stereocenters. The number of carbonyl (C=O) groups excluding carboxylic acids is 1. The van der Waals surface area contributed by atoms with Gasteiger partial charge in [-0.3, -0.25) is 0 Å². The number of hydrogen-bond acceptors (Lipinski definition) is 2. The first kappa shape index (κ1) is 23.0. The van der Waals surface area contributed by atoms with Crippen molar-refractivity contribution in [2.45, 2.75) is 26.3 Å². The van der Waals surface area contributed by atoms with Crippen molar-refractivity contribution in [2.24, 2.45) is 0 Å². The molecule has 3 aromatic rings. The smallest absolute Gasteiger partial charge is 0.322 e. The Morgan fingerprint density at radius 1 is 0.968 bits per heavy atom. The van der Waals surface area contributed by atoms with Crippen LogP contribution in [0.5, 0.6) is 5.75 Å². The van der Waals surface area contributed by atoms with E-state index >= 15 is 0 Å². The average molecular weight is 457 g/mol. The Hall–Kier alpha value is -2.69. The second-order valence-electron chi connectivity index (χ2n) is 7.24. The van der Waals surface area contributed by atoms with Crippen LogP contribution in [0.3, 0.4) is 0 Å². The summed E-state index contributed by atoms with van der Waals surface area (Å²) in [5, 5.41) is 4.20. The molecule has 1 N–H and O–H groups in total. The highest BCUT2D eigenvalue weighted by Gasteiger charge is 2.15. The highest BCUT2D eigenvalue weighted by molar-refractivity contribution is 6.35. The van der Waals surface area contributed by atoms with Crippen LogP contribution in [0.2, 0.25) is 10.0 Å². The number of amides is 2. The second-order valence-corrected chi connectivity index (χ2v) is 8.08. The van der Waals surface area contributed by atoms with Gasteiger partial charge in [0.1, 0.15) is 5.75 Å². The third-order valence-corrected chi connectivity index (χ3v) is 5.69. The molecule has 2 amide bonds. The third-order valence-electron chi connectivity index (χ3n) is 5.10. The van der Waals surface area contributed by atoms with Crippen LogP contribution in [0.4, 0.5) is 10.5 Å². The summed E-state index contributed by atoms with van der Waals surface area (Å²) in [5.41, 5.74) is 3.96. The van der Waals surface area contributed by atoms with E-state index in [1.807, 2.05) is 60.7 Å². The van der Waals surface area contributed by atoms with Crippen LogP contribution in [-0.2, 0) is 19.4 Å². The van der Waals surface area contributed by atoms with E-state index in [1.54, 1.807) is 18.1 Å². The molecule has 0 fully saturated rings. The molecule has 0 aliphatic rings. The van der Waals surface area contributed by atoms with Crippen molar-refractivity contribution in [3.8, 4) is 5.75 Å². The van der Waals surface area contributed by atoms with Crippen LogP contribution in [-0.4, -0.2) is 24.6 Å². The van der Waals surface area contributed by atoms with Gasteiger partial charge in [-0.25, -0.2) is 4.79 Å². The Morgan fingerprint density at radius 3 is 2.26 bits per heavy atom. The van der Waals surface area contributed by atoms with Crippen molar-refractivity contribution in [1.29, 1.82) is 0 Å². The van der Waals surface area contributed by atoms with Gasteiger partial charge in [0.15, 0.2) is 0 Å². The molecule has 3 aromatic carbocycles. The summed E-state index contributed by atoms with van der Waals surface area (Å²) >= 11 is 12.3. The van der Waals surface area contributed by atoms with Crippen LogP contribution < -0.4 is 10.1 Å². The topological polar surface area (TPSA) is 41.6 Å². The van der Waals surface area contributed by atoms with Gasteiger partial charge in [0.05, 0.1) is 7.11 Å². The molecule has 6 heteroatoms. The molecule has 0 aliphatic heterocycles. The zero-order chi connectivity index (χ0) is 22.2. The van der Waals surface area contributed by atoms with Crippen molar-refractivity contribution in [1.82, 2.24) is 4.90 Å². The van der Waals surface area contributed by atoms with Crippen molar-refractivity contribution in [2.75, 3.05) is 19.0 Å². The van der Waals surface area contributed by atoms with Crippen molar-refractivity contribution in [3.05, 3.63) is 93.5 Å². The summed E-state index contributed by atoms with van der Waals surface area (Å²) in [6, 6.07) is 20.9. The van der Waals surface area contributed by atoms with E-state index in [-0.39, 0.29) is 6.03 Å². The number of ether oxygens (including phenoxy) is 1. The SMILES string of the molecule is CCc1ccc(NC(=O)N(CCc2ccc(Cl)cc2Cl)Cc2ccc(OC)cc2)cc1. The number of halogens is 2. The Bertz CT molecular complexity index is 1010. The van der Waals surface area contributed by atoms with Crippen molar-refractivity contribution >= 4 is 34.9 Å². The molecule has 0 bridgehead atoms. The van der Waals surface area contributed by atoms with Crippen LogP contribution in [0.25, 0.3) is 0 Å². The maximum absolute atomic E-state index is 13.1. The predicted octanol–water partition coefficient (Wildman–Crippen LogP) is 6.84. The summed E-state index contributed by atoms with van der Waals surface area (Å²) in [6.45, 7) is 3.08. The molecule has 3 rings (SSSR count). The minimum Gasteiger partial charge on any atom is -0.497 e. The standard InChI is InChI=1S/C25H26Cl2N2O2/c1-3-18-4-10-22(11-5-18)28-25(30)29(17-19-6-12-23(31-2)13-7-19)15-14-20-8-9-21(26)16-24(20)27/h4-13,16H,3,14-15,17H2,1-2H3,(H,28,30). The van der Waals surface area contributed by atoms with Gasteiger partial charge in [-0.05, 0) is 65.9 Å². The molecule has 0 saturated carbocycles. The fraction of sp³-hybridized carbons (Fsp3) is 0.240. The van der Waals surface area contributed by atoms with Crippen LogP contribution >= 0.6 is 23.2 Å². The quantitative estimate of drug-likeness (QED) is 0.402. The minimum absolute atomic E-state index is 0.162. The number of carbonyl (C=O) groups is 1. The van der Waals surface area contributed by atoms with E-state index in [9.17, 15) is 4.79 Å². The molecule has 0 aliphatic carbocycles. The lowest BCUT2D eigenvalue weighted by atomic mass is 10.1. The monoisotopic (exact) mass is 456 g/mol. The summed E-state index contributed by atoms with van der Waals surface area (Å²) in [4.78, 5) is 14.9. The number of hydrogen-bond donors (Lipinski definition) is 1. The molecule has 0 radical (unpaired) electrons. The maximum atomic E-state index is 13.1. The number of rotatable bonds is 8. The van der Waals surface area contributed by atoms with Crippen LogP contribution in [0, 0.1) is 0 Å². The molecule has 162 valence electrons. The zero-order valence-corrected chi connectivity index (χ0v) is 19.2. The van der Waals surface area contributed by atoms with Gasteiger partial charge >= 0.3 is 6.03 Å². The fourth-order valence-electron chi connectivity index (χ4n) is 3.21. The van der Waals surface area contributed by atoms with Gasteiger partial charge in [-0.2, -0.15) is 0 Å². The van der Waals surface area contributed by atoms with Gasteiger partial charge < -0.3 is 15.0 Å². The van der Waals surface area contributed by atoms with Gasteiger partial charge in [0.2, 0.25) is 0 Å². The highest BCUT2D eigenvalue weighted by Crippen LogP contribution is 2.22. The number of benzene rings is 3. The lowest BCUT2D eigenvalue weighted by molar-refractivity contribution is 0.210. The van der Waals surface area contributed by atoms with E-state index in [4.69, 9.17) is 27.9 Å². The van der Waals surface area contributed by atoms with Crippen LogP contribution in [0.1, 0.15) is 23.6 Å². The molecule has 0 saturated heterocycles. The molecule has 0 heterocycles. The number of anilines is 1. The number of nitrogens with one attached hydrogen (secondary N) is 1. The lowest BCUT2D eigenvalue weighted by Crippen LogP contribution is -2.36. The van der Waals surface area contributed by atoms with E-state index in [1.165, 1.54) is 5.56 Å². The summed E-state index contributed by atoms with van der Waals surface area (Å²) in [5.74, 6) is 0.781. The highest BCUT2D eigenvalue weighted by atomic mass is 35.5. The summed E-state index contributed by atoms with van der Waals surface area (Å²) in [7, 11) is 1.63. The Balaban J connectivity index is 1.74. The first-order chi connectivity index (χ1) is 15.0. The van der Waals surface area contributed by atoms with E-state index in [0.29, 0.717) is 29.6 Å². The molecule has 0 spiro atoms. The average Bonchev–Trinajstić information content (AvgIpc) is 2.78. The van der Waals surface area contributed by atoms with Crippen molar-refractivity contribution in [3.63, 3.8) is 0 Å². The molecule has 4 nitrogen and oxygen atoms in total. The third kappa shape index (κ3) is 6.65. The molecule has 0 atom stereocenters. The second kappa shape index (κ2) is 11.1. The fourth-order valence-corrected chi connectivity index (χ4v) is 3.71. The maximum Gasteiger partial charge on any atom is 0.322 e. The van der Waals surface area contributed by atoms with Gasteiger partial charge in [0, 0.05) is 28.8 Å². The van der Waals surface area contributed by atoms with Gasteiger partial charge in [0.25, 0.3) is 0 Å². The summed E-state index contributed by atoms with van der Waals surface area (Å²) < 4.78 is 5.23. The number of aryl methyl sites for hydroxylation is 1.